The maximum absolute atomic E-state index is 6.03. The van der Waals surface area contributed by atoms with Gasteiger partial charge in [-0.2, -0.15) is 0 Å². The molecule has 0 amide bonds. The summed E-state index contributed by atoms with van der Waals surface area (Å²) < 4.78 is 6.00. The number of likely N-dealkylation sites (N-methyl/N-ethyl adjacent to an activating group) is 1. The topological polar surface area (TPSA) is 24.5 Å². The summed E-state index contributed by atoms with van der Waals surface area (Å²) in [5, 5.41) is 4.40. The minimum Gasteiger partial charge on any atom is -0.488 e. The van der Waals surface area contributed by atoms with Crippen molar-refractivity contribution in [1.82, 2.24) is 10.2 Å². The zero-order valence-corrected chi connectivity index (χ0v) is 12.8. The Hall–Kier alpha value is -0.770. The highest BCUT2D eigenvalue weighted by Gasteiger charge is 2.25. The van der Waals surface area contributed by atoms with Crippen molar-refractivity contribution in [3.63, 3.8) is 0 Å². The molecule has 4 heteroatoms. The van der Waals surface area contributed by atoms with Crippen molar-refractivity contribution in [2.75, 3.05) is 26.7 Å². The van der Waals surface area contributed by atoms with Gasteiger partial charge in [0.1, 0.15) is 11.9 Å². The molecule has 1 N–H and O–H groups in total. The van der Waals surface area contributed by atoms with Gasteiger partial charge in [-0.15, -0.1) is 0 Å². The Morgan fingerprint density at radius 1 is 1.35 bits per heavy atom. The van der Waals surface area contributed by atoms with Crippen molar-refractivity contribution >= 4 is 11.6 Å². The van der Waals surface area contributed by atoms with Crippen molar-refractivity contribution < 1.29 is 4.74 Å². The third-order valence-electron chi connectivity index (χ3n) is 4.22. The van der Waals surface area contributed by atoms with Crippen LogP contribution in [0.3, 0.4) is 0 Å². The van der Waals surface area contributed by atoms with Gasteiger partial charge in [-0.05, 0) is 50.2 Å². The Labute approximate surface area is 126 Å². The monoisotopic (exact) mass is 294 g/mol. The van der Waals surface area contributed by atoms with Gasteiger partial charge in [-0.3, -0.25) is 0 Å². The maximum Gasteiger partial charge on any atom is 0.123 e. The van der Waals surface area contributed by atoms with Crippen molar-refractivity contribution in [3.05, 3.63) is 28.8 Å². The molecule has 2 aliphatic rings. The standard InChI is InChI=1S/C16H23ClN2O/c1-19(10-14-4-2-3-7-18-14)11-15-9-12-8-13(17)5-6-16(12)20-15/h5-6,8,14-15,18H,2-4,7,9-11H2,1H3. The van der Waals surface area contributed by atoms with Gasteiger partial charge in [-0.1, -0.05) is 18.0 Å². The fourth-order valence-corrected chi connectivity index (χ4v) is 3.46. The average molecular weight is 295 g/mol. The van der Waals surface area contributed by atoms with Crippen LogP contribution in [0.4, 0.5) is 0 Å². The van der Waals surface area contributed by atoms with Gasteiger partial charge in [-0.25, -0.2) is 0 Å². The Morgan fingerprint density at radius 3 is 3.05 bits per heavy atom. The van der Waals surface area contributed by atoms with E-state index in [1.807, 2.05) is 18.2 Å². The molecule has 0 aromatic heterocycles. The molecule has 2 heterocycles. The van der Waals surface area contributed by atoms with E-state index in [0.29, 0.717) is 6.04 Å². The van der Waals surface area contributed by atoms with Crippen LogP contribution in [0.2, 0.25) is 5.02 Å². The van der Waals surface area contributed by atoms with Crippen molar-refractivity contribution in [3.8, 4) is 5.75 Å². The lowest BCUT2D eigenvalue weighted by Gasteiger charge is -2.29. The highest BCUT2D eigenvalue weighted by Crippen LogP contribution is 2.31. The smallest absolute Gasteiger partial charge is 0.123 e. The fraction of sp³-hybridized carbons (Fsp3) is 0.625. The first-order chi connectivity index (χ1) is 9.70. The first-order valence-corrected chi connectivity index (χ1v) is 7.95. The van der Waals surface area contributed by atoms with E-state index in [-0.39, 0.29) is 6.10 Å². The molecule has 1 fully saturated rings. The van der Waals surface area contributed by atoms with E-state index < -0.39 is 0 Å². The summed E-state index contributed by atoms with van der Waals surface area (Å²) in [5.41, 5.74) is 1.24. The van der Waals surface area contributed by atoms with Gasteiger partial charge in [0.15, 0.2) is 0 Å². The zero-order valence-electron chi connectivity index (χ0n) is 12.1. The first-order valence-electron chi connectivity index (χ1n) is 7.58. The second-order valence-electron chi connectivity index (χ2n) is 6.06. The SMILES string of the molecule is CN(CC1CCCCN1)CC1Cc2cc(Cl)ccc2O1. The number of ether oxygens (including phenoxy) is 1. The van der Waals surface area contributed by atoms with Crippen LogP contribution in [-0.4, -0.2) is 43.7 Å². The number of nitrogens with zero attached hydrogens (tertiary/aromatic N) is 1. The molecule has 3 rings (SSSR count). The number of halogens is 1. The third kappa shape index (κ3) is 3.46. The van der Waals surface area contributed by atoms with Crippen LogP contribution in [-0.2, 0) is 6.42 Å². The lowest BCUT2D eigenvalue weighted by Crippen LogP contribution is -2.44. The van der Waals surface area contributed by atoms with Gasteiger partial charge >= 0.3 is 0 Å². The lowest BCUT2D eigenvalue weighted by atomic mass is 10.0. The summed E-state index contributed by atoms with van der Waals surface area (Å²) >= 11 is 6.03. The van der Waals surface area contributed by atoms with Crippen LogP contribution in [0.1, 0.15) is 24.8 Å². The van der Waals surface area contributed by atoms with E-state index in [4.69, 9.17) is 16.3 Å². The van der Waals surface area contributed by atoms with E-state index in [1.165, 1.54) is 31.4 Å². The van der Waals surface area contributed by atoms with E-state index in [9.17, 15) is 0 Å². The van der Waals surface area contributed by atoms with Gasteiger partial charge in [0.05, 0.1) is 0 Å². The van der Waals surface area contributed by atoms with Gasteiger partial charge in [0.25, 0.3) is 0 Å². The largest absolute Gasteiger partial charge is 0.488 e. The van der Waals surface area contributed by atoms with Crippen LogP contribution in [0.25, 0.3) is 0 Å². The molecule has 0 spiro atoms. The van der Waals surface area contributed by atoms with E-state index >= 15 is 0 Å². The predicted octanol–water partition coefficient (Wildman–Crippen LogP) is 2.72. The minimum atomic E-state index is 0.261. The summed E-state index contributed by atoms with van der Waals surface area (Å²) in [6.07, 6.45) is 5.21. The molecule has 2 unspecified atom stereocenters. The van der Waals surface area contributed by atoms with E-state index in [0.717, 1.165) is 30.3 Å². The highest BCUT2D eigenvalue weighted by atomic mass is 35.5. The molecule has 2 aliphatic heterocycles. The quantitative estimate of drug-likeness (QED) is 0.924. The second-order valence-corrected chi connectivity index (χ2v) is 6.50. The van der Waals surface area contributed by atoms with Crippen molar-refractivity contribution in [2.24, 2.45) is 0 Å². The average Bonchev–Trinajstić information content (AvgIpc) is 2.80. The van der Waals surface area contributed by atoms with Crippen LogP contribution < -0.4 is 10.1 Å². The summed E-state index contributed by atoms with van der Waals surface area (Å²) in [4.78, 5) is 2.39. The summed E-state index contributed by atoms with van der Waals surface area (Å²) in [6, 6.07) is 6.56. The zero-order chi connectivity index (χ0) is 13.9. The number of nitrogens with one attached hydrogen (secondary N) is 1. The molecule has 1 saturated heterocycles. The molecular weight excluding hydrogens is 272 g/mol. The lowest BCUT2D eigenvalue weighted by molar-refractivity contribution is 0.156. The normalized spacial score (nSPS) is 25.6. The van der Waals surface area contributed by atoms with Gasteiger partial charge in [0.2, 0.25) is 0 Å². The minimum absolute atomic E-state index is 0.261. The summed E-state index contributed by atoms with van der Waals surface area (Å²) in [7, 11) is 2.19. The highest BCUT2D eigenvalue weighted by molar-refractivity contribution is 6.30. The third-order valence-corrected chi connectivity index (χ3v) is 4.46. The number of fused-ring (bicyclic) bond motifs is 1. The first kappa shape index (κ1) is 14.2. The van der Waals surface area contributed by atoms with Gasteiger partial charge in [0, 0.05) is 30.6 Å². The van der Waals surface area contributed by atoms with Crippen LogP contribution in [0, 0.1) is 0 Å². The van der Waals surface area contributed by atoms with Crippen molar-refractivity contribution in [2.45, 2.75) is 37.8 Å². The Kier molecular flexibility index (Phi) is 4.49. The predicted molar refractivity (Wildman–Crippen MR) is 82.7 cm³/mol. The molecule has 0 saturated carbocycles. The summed E-state index contributed by atoms with van der Waals surface area (Å²) in [6.45, 7) is 3.25. The Balaban J connectivity index is 1.49. The fourth-order valence-electron chi connectivity index (χ4n) is 3.27. The number of piperidine rings is 1. The molecule has 1 aromatic rings. The molecule has 0 bridgehead atoms. The molecular formula is C16H23ClN2O. The molecule has 3 nitrogen and oxygen atoms in total. The van der Waals surface area contributed by atoms with Crippen LogP contribution >= 0.6 is 11.6 Å². The number of hydrogen-bond acceptors (Lipinski definition) is 3. The molecule has 2 atom stereocenters. The van der Waals surface area contributed by atoms with Gasteiger partial charge < -0.3 is 15.0 Å². The number of benzene rings is 1. The van der Waals surface area contributed by atoms with E-state index in [1.54, 1.807) is 0 Å². The van der Waals surface area contributed by atoms with E-state index in [2.05, 4.69) is 17.3 Å². The number of hydrogen-bond donors (Lipinski definition) is 1. The molecule has 0 radical (unpaired) electrons. The van der Waals surface area contributed by atoms with Crippen molar-refractivity contribution in [1.29, 1.82) is 0 Å². The Morgan fingerprint density at radius 2 is 2.25 bits per heavy atom. The molecule has 20 heavy (non-hydrogen) atoms. The van der Waals surface area contributed by atoms with Crippen LogP contribution in [0.5, 0.6) is 5.75 Å². The maximum atomic E-state index is 6.03. The second kappa shape index (κ2) is 6.33. The Bertz CT molecular complexity index is 460. The molecule has 1 aromatic carbocycles. The summed E-state index contributed by atoms with van der Waals surface area (Å²) in [5.74, 6) is 1.00. The van der Waals surface area contributed by atoms with Crippen LogP contribution in [0.15, 0.2) is 18.2 Å². The number of rotatable bonds is 4. The molecule has 0 aliphatic carbocycles. The molecule has 110 valence electrons.